The van der Waals surface area contributed by atoms with Crippen molar-refractivity contribution in [1.29, 1.82) is 0 Å². The Morgan fingerprint density at radius 1 is 0.868 bits per heavy atom. The minimum atomic E-state index is -0.108. The van der Waals surface area contributed by atoms with E-state index < -0.39 is 0 Å². The molecule has 2 aromatic heterocycles. The maximum Gasteiger partial charge on any atom is 0.255 e. The van der Waals surface area contributed by atoms with E-state index in [2.05, 4.69) is 45.1 Å². The lowest BCUT2D eigenvalue weighted by Crippen LogP contribution is -2.36. The van der Waals surface area contributed by atoms with Gasteiger partial charge in [-0.1, -0.05) is 37.1 Å². The highest BCUT2D eigenvalue weighted by molar-refractivity contribution is 5.99. The number of carbonyl (C=O) groups excluding carboxylic acids is 1. The van der Waals surface area contributed by atoms with E-state index in [-0.39, 0.29) is 5.91 Å². The summed E-state index contributed by atoms with van der Waals surface area (Å²) in [5.74, 6) is 0.480. The molecule has 3 heterocycles. The lowest BCUT2D eigenvalue weighted by atomic mass is 9.96. The van der Waals surface area contributed by atoms with Crippen molar-refractivity contribution in [3.63, 3.8) is 0 Å². The number of aromatic amines is 1. The Kier molecular flexibility index (Phi) is 6.08. The van der Waals surface area contributed by atoms with Crippen LogP contribution in [0, 0.1) is 0 Å². The van der Waals surface area contributed by atoms with Crippen molar-refractivity contribution in [1.82, 2.24) is 25.8 Å². The lowest BCUT2D eigenvalue weighted by Gasteiger charge is -2.21. The van der Waals surface area contributed by atoms with E-state index in [1.807, 2.05) is 24.4 Å². The monoisotopic (exact) mass is 507 g/mol. The lowest BCUT2D eigenvalue weighted by molar-refractivity contribution is 0.0957. The Morgan fingerprint density at radius 3 is 2.58 bits per heavy atom. The average molecular weight is 508 g/mol. The van der Waals surface area contributed by atoms with Crippen LogP contribution >= 0.6 is 0 Å². The SMILES string of the molecule is O=C1NCCOc2cc(-c3n[nH]c4ncc(-c5ccc6c(c5)CCC(NC5CCCC5)CC6)cc34)ccc21. The zero-order chi connectivity index (χ0) is 25.5. The summed E-state index contributed by atoms with van der Waals surface area (Å²) in [5.41, 5.74) is 8.21. The number of nitrogens with one attached hydrogen (secondary N) is 3. The second-order valence-electron chi connectivity index (χ2n) is 10.9. The van der Waals surface area contributed by atoms with Crippen molar-refractivity contribution < 1.29 is 9.53 Å². The van der Waals surface area contributed by atoms with E-state index in [9.17, 15) is 4.79 Å². The van der Waals surface area contributed by atoms with Gasteiger partial charge in [0.15, 0.2) is 5.65 Å². The Hall–Kier alpha value is -3.71. The smallest absolute Gasteiger partial charge is 0.255 e. The minimum Gasteiger partial charge on any atom is -0.491 e. The first-order valence-corrected chi connectivity index (χ1v) is 14.0. The summed E-state index contributed by atoms with van der Waals surface area (Å²) >= 11 is 0. The number of pyridine rings is 1. The zero-order valence-electron chi connectivity index (χ0n) is 21.6. The van der Waals surface area contributed by atoms with Crippen molar-refractivity contribution in [3.05, 3.63) is 65.4 Å². The van der Waals surface area contributed by atoms with Gasteiger partial charge >= 0.3 is 0 Å². The Balaban J connectivity index is 1.17. The van der Waals surface area contributed by atoms with Crippen LogP contribution in [0.5, 0.6) is 5.75 Å². The summed E-state index contributed by atoms with van der Waals surface area (Å²) in [4.78, 5) is 17.0. The molecule has 3 N–H and O–H groups in total. The summed E-state index contributed by atoms with van der Waals surface area (Å²) in [6.45, 7) is 0.949. The normalized spacial score (nSPS) is 19.8. The predicted molar refractivity (Wildman–Crippen MR) is 148 cm³/mol. The third-order valence-corrected chi connectivity index (χ3v) is 8.45. The Bertz CT molecular complexity index is 1500. The van der Waals surface area contributed by atoms with Crippen LogP contribution in [0.1, 0.15) is 60.0 Å². The first-order chi connectivity index (χ1) is 18.7. The molecule has 38 heavy (non-hydrogen) atoms. The second kappa shape index (κ2) is 9.87. The number of hydrogen-bond donors (Lipinski definition) is 3. The summed E-state index contributed by atoms with van der Waals surface area (Å²) < 4.78 is 5.83. The average Bonchev–Trinajstić information content (AvgIpc) is 3.52. The van der Waals surface area contributed by atoms with Gasteiger partial charge in [-0.25, -0.2) is 4.98 Å². The maximum absolute atomic E-state index is 12.3. The summed E-state index contributed by atoms with van der Waals surface area (Å²) in [6, 6.07) is 16.1. The molecule has 1 saturated carbocycles. The van der Waals surface area contributed by atoms with Crippen molar-refractivity contribution in [2.24, 2.45) is 0 Å². The van der Waals surface area contributed by atoms with E-state index in [0.29, 0.717) is 30.5 Å². The molecule has 0 spiro atoms. The molecular formula is C31H33N5O2. The molecule has 1 amide bonds. The largest absolute Gasteiger partial charge is 0.491 e. The number of H-pyrrole nitrogens is 1. The standard InChI is InChI=1S/C31H33N5O2/c37-31-26-12-9-22(17-28(26)38-14-13-32-31)29-27-16-23(18-33-30(27)36-35-29)21-6-5-19-7-10-25(11-8-20(19)15-21)34-24-3-1-2-4-24/h5-6,9,12,15-18,24-25,34H,1-4,7-8,10-11,13-14H2,(H,32,37)(H,33,35,36). The van der Waals surface area contributed by atoms with Gasteiger partial charge in [-0.05, 0) is 73.4 Å². The fourth-order valence-corrected chi connectivity index (χ4v) is 6.36. The van der Waals surface area contributed by atoms with Crippen LogP contribution in [0.2, 0.25) is 0 Å². The fraction of sp³-hybridized carbons (Fsp3) is 0.387. The van der Waals surface area contributed by atoms with Gasteiger partial charge in [-0.15, -0.1) is 0 Å². The summed E-state index contributed by atoms with van der Waals surface area (Å²) in [7, 11) is 0. The number of nitrogens with zero attached hydrogens (tertiary/aromatic N) is 2. The highest BCUT2D eigenvalue weighted by atomic mass is 16.5. The molecule has 1 unspecified atom stereocenters. The topological polar surface area (TPSA) is 91.9 Å². The van der Waals surface area contributed by atoms with E-state index in [0.717, 1.165) is 46.7 Å². The number of fused-ring (bicyclic) bond motifs is 3. The first kappa shape index (κ1) is 23.4. The van der Waals surface area contributed by atoms with Gasteiger partial charge in [-0.2, -0.15) is 5.10 Å². The summed E-state index contributed by atoms with van der Waals surface area (Å²) in [5, 5.41) is 15.4. The van der Waals surface area contributed by atoms with Gasteiger partial charge < -0.3 is 15.4 Å². The number of ether oxygens (including phenoxy) is 1. The van der Waals surface area contributed by atoms with Crippen LogP contribution in [-0.4, -0.2) is 46.3 Å². The van der Waals surface area contributed by atoms with Crippen molar-refractivity contribution >= 4 is 16.9 Å². The number of benzene rings is 2. The van der Waals surface area contributed by atoms with E-state index in [1.54, 1.807) is 0 Å². The van der Waals surface area contributed by atoms with Crippen LogP contribution < -0.4 is 15.4 Å². The van der Waals surface area contributed by atoms with Gasteiger partial charge in [-0.3, -0.25) is 9.89 Å². The second-order valence-corrected chi connectivity index (χ2v) is 10.9. The molecule has 7 nitrogen and oxygen atoms in total. The highest BCUT2D eigenvalue weighted by Crippen LogP contribution is 2.34. The Labute approximate surface area is 222 Å². The summed E-state index contributed by atoms with van der Waals surface area (Å²) in [6.07, 6.45) is 12.0. The number of carbonyl (C=O) groups is 1. The van der Waals surface area contributed by atoms with Crippen LogP contribution in [0.15, 0.2) is 48.7 Å². The molecule has 2 aromatic carbocycles. The van der Waals surface area contributed by atoms with Crippen molar-refractivity contribution in [3.8, 4) is 28.1 Å². The molecule has 1 atom stereocenters. The number of aryl methyl sites for hydroxylation is 2. The number of hydrogen-bond acceptors (Lipinski definition) is 5. The molecule has 3 aliphatic rings. The molecule has 0 saturated heterocycles. The van der Waals surface area contributed by atoms with Crippen LogP contribution in [-0.2, 0) is 12.8 Å². The number of rotatable bonds is 4. The van der Waals surface area contributed by atoms with Gasteiger partial charge in [0.25, 0.3) is 5.91 Å². The molecule has 1 aliphatic heterocycles. The van der Waals surface area contributed by atoms with Crippen molar-refractivity contribution in [2.45, 2.75) is 63.5 Å². The van der Waals surface area contributed by atoms with Gasteiger partial charge in [0.05, 0.1) is 12.1 Å². The molecule has 0 bridgehead atoms. The zero-order valence-corrected chi connectivity index (χ0v) is 21.6. The third kappa shape index (κ3) is 4.45. The molecule has 0 radical (unpaired) electrons. The van der Waals surface area contributed by atoms with Gasteiger partial charge in [0.2, 0.25) is 0 Å². The van der Waals surface area contributed by atoms with E-state index >= 15 is 0 Å². The fourth-order valence-electron chi connectivity index (χ4n) is 6.36. The van der Waals surface area contributed by atoms with Crippen LogP contribution in [0.3, 0.4) is 0 Å². The molecule has 7 heteroatoms. The molecule has 2 aliphatic carbocycles. The van der Waals surface area contributed by atoms with Gasteiger partial charge in [0.1, 0.15) is 18.1 Å². The number of amides is 1. The predicted octanol–water partition coefficient (Wildman–Crippen LogP) is 5.19. The molecule has 7 rings (SSSR count). The van der Waals surface area contributed by atoms with Crippen LogP contribution in [0.4, 0.5) is 0 Å². The molecule has 4 aromatic rings. The highest BCUT2D eigenvalue weighted by Gasteiger charge is 2.22. The number of aromatic nitrogens is 3. The molecular weight excluding hydrogens is 474 g/mol. The minimum absolute atomic E-state index is 0.108. The van der Waals surface area contributed by atoms with E-state index in [1.165, 1.54) is 55.2 Å². The van der Waals surface area contributed by atoms with E-state index in [4.69, 9.17) is 9.72 Å². The van der Waals surface area contributed by atoms with Gasteiger partial charge in [0, 0.05) is 34.8 Å². The molecule has 1 fully saturated rings. The Morgan fingerprint density at radius 2 is 1.68 bits per heavy atom. The van der Waals surface area contributed by atoms with Crippen molar-refractivity contribution in [2.75, 3.05) is 13.2 Å². The third-order valence-electron chi connectivity index (χ3n) is 8.45. The first-order valence-electron chi connectivity index (χ1n) is 14.0. The van der Waals surface area contributed by atoms with Crippen LogP contribution in [0.25, 0.3) is 33.4 Å². The quantitative estimate of drug-likeness (QED) is 0.331. The maximum atomic E-state index is 12.3. The molecule has 194 valence electrons.